The number of ether oxygens (including phenoxy) is 1. The van der Waals surface area contributed by atoms with Gasteiger partial charge in [0.1, 0.15) is 12.0 Å². The van der Waals surface area contributed by atoms with E-state index in [0.717, 1.165) is 5.69 Å². The fraction of sp³-hybridized carbons (Fsp3) is 0.188. The Balaban J connectivity index is 1.70. The van der Waals surface area contributed by atoms with Gasteiger partial charge in [-0.1, -0.05) is 6.07 Å². The van der Waals surface area contributed by atoms with Crippen LogP contribution in [-0.4, -0.2) is 32.7 Å². The van der Waals surface area contributed by atoms with Crippen LogP contribution in [0.25, 0.3) is 11.4 Å². The first-order valence-corrected chi connectivity index (χ1v) is 7.12. The zero-order valence-electron chi connectivity index (χ0n) is 12.5. The molecule has 3 aromatic heterocycles. The highest BCUT2D eigenvalue weighted by atomic mass is 16.5. The maximum absolute atomic E-state index is 11.5. The lowest BCUT2D eigenvalue weighted by atomic mass is 10.2. The Morgan fingerprint density at radius 3 is 2.78 bits per heavy atom. The molecule has 0 N–H and O–H groups in total. The molecular formula is C16H14N4O3. The summed E-state index contributed by atoms with van der Waals surface area (Å²) in [5.74, 6) is -0.118. The summed E-state index contributed by atoms with van der Waals surface area (Å²) in [6.45, 7) is 2.03. The molecule has 3 rings (SSSR count). The number of pyridine rings is 1. The maximum Gasteiger partial charge on any atom is 0.360 e. The van der Waals surface area contributed by atoms with Gasteiger partial charge >= 0.3 is 5.97 Å². The zero-order valence-corrected chi connectivity index (χ0v) is 12.5. The average molecular weight is 310 g/mol. The van der Waals surface area contributed by atoms with Gasteiger partial charge in [0.25, 0.3) is 0 Å². The monoisotopic (exact) mass is 310 g/mol. The summed E-state index contributed by atoms with van der Waals surface area (Å²) < 4.78 is 10.1. The molecule has 7 heteroatoms. The van der Waals surface area contributed by atoms with Crippen LogP contribution < -0.4 is 0 Å². The summed E-state index contributed by atoms with van der Waals surface area (Å²) in [4.78, 5) is 19.8. The van der Waals surface area contributed by atoms with E-state index in [0.29, 0.717) is 30.3 Å². The number of aromatic nitrogens is 4. The molecule has 7 nitrogen and oxygen atoms in total. The highest BCUT2D eigenvalue weighted by molar-refractivity contribution is 5.86. The average Bonchev–Trinajstić information content (AvgIpc) is 3.05. The Labute approximate surface area is 132 Å². The van der Waals surface area contributed by atoms with E-state index in [9.17, 15) is 4.79 Å². The van der Waals surface area contributed by atoms with Crippen molar-refractivity contribution in [1.29, 1.82) is 0 Å². The molecule has 0 amide bonds. The summed E-state index contributed by atoms with van der Waals surface area (Å²) in [7, 11) is 0. The fourth-order valence-corrected chi connectivity index (χ4v) is 1.95. The van der Waals surface area contributed by atoms with Crippen LogP contribution in [-0.2, 0) is 11.2 Å². The van der Waals surface area contributed by atoms with E-state index in [1.54, 1.807) is 13.1 Å². The minimum Gasteiger partial charge on any atom is -0.461 e. The van der Waals surface area contributed by atoms with Crippen LogP contribution in [0.15, 0.2) is 47.2 Å². The van der Waals surface area contributed by atoms with Crippen molar-refractivity contribution in [3.8, 4) is 11.4 Å². The van der Waals surface area contributed by atoms with E-state index in [-0.39, 0.29) is 5.69 Å². The maximum atomic E-state index is 11.5. The van der Waals surface area contributed by atoms with Crippen LogP contribution in [0.5, 0.6) is 0 Å². The van der Waals surface area contributed by atoms with Crippen LogP contribution in [0, 0.1) is 0 Å². The first kappa shape index (κ1) is 14.8. The van der Waals surface area contributed by atoms with Crippen molar-refractivity contribution in [2.75, 3.05) is 6.61 Å². The van der Waals surface area contributed by atoms with Gasteiger partial charge in [-0.05, 0) is 31.2 Å². The Bertz CT molecular complexity index is 785. The Morgan fingerprint density at radius 1 is 1.17 bits per heavy atom. The lowest BCUT2D eigenvalue weighted by molar-refractivity contribution is 0.0519. The number of hydrogen-bond donors (Lipinski definition) is 0. The highest BCUT2D eigenvalue weighted by Crippen LogP contribution is 2.14. The number of hydrogen-bond acceptors (Lipinski definition) is 7. The second-order valence-corrected chi connectivity index (χ2v) is 4.65. The molecule has 3 heterocycles. The lowest BCUT2D eigenvalue weighted by Crippen LogP contribution is -2.05. The third kappa shape index (κ3) is 3.57. The first-order chi connectivity index (χ1) is 11.3. The van der Waals surface area contributed by atoms with Crippen LogP contribution in [0.4, 0.5) is 0 Å². The number of carbonyl (C=O) groups is 1. The van der Waals surface area contributed by atoms with Crippen LogP contribution in [0.1, 0.15) is 29.0 Å². The van der Waals surface area contributed by atoms with Gasteiger partial charge in [-0.2, -0.15) is 5.10 Å². The molecule has 0 bridgehead atoms. The third-order valence-corrected chi connectivity index (χ3v) is 3.02. The molecule has 0 fully saturated rings. The third-order valence-electron chi connectivity index (χ3n) is 3.02. The quantitative estimate of drug-likeness (QED) is 0.668. The molecule has 23 heavy (non-hydrogen) atoms. The predicted molar refractivity (Wildman–Crippen MR) is 80.5 cm³/mol. The fourth-order valence-electron chi connectivity index (χ4n) is 1.95. The van der Waals surface area contributed by atoms with Crippen LogP contribution in [0.3, 0.4) is 0 Å². The van der Waals surface area contributed by atoms with E-state index in [4.69, 9.17) is 9.15 Å². The van der Waals surface area contributed by atoms with E-state index in [2.05, 4.69) is 20.2 Å². The molecule has 3 aromatic rings. The molecule has 0 aromatic carbocycles. The van der Waals surface area contributed by atoms with E-state index in [1.807, 2.05) is 30.3 Å². The van der Waals surface area contributed by atoms with Crippen molar-refractivity contribution in [3.63, 3.8) is 0 Å². The summed E-state index contributed by atoms with van der Waals surface area (Å²) in [6, 6.07) is 9.26. The van der Waals surface area contributed by atoms with E-state index < -0.39 is 5.97 Å². The second-order valence-electron chi connectivity index (χ2n) is 4.65. The SMILES string of the molecule is CCOC(=O)c1coc(Cc2ccc(-c3ccccn3)nn2)n1. The van der Waals surface area contributed by atoms with E-state index >= 15 is 0 Å². The normalized spacial score (nSPS) is 10.5. The Morgan fingerprint density at radius 2 is 2.09 bits per heavy atom. The van der Waals surface area contributed by atoms with Gasteiger partial charge in [0.15, 0.2) is 5.69 Å². The van der Waals surface area contributed by atoms with Gasteiger partial charge in [0.05, 0.1) is 24.4 Å². The van der Waals surface area contributed by atoms with Gasteiger partial charge < -0.3 is 9.15 Å². The van der Waals surface area contributed by atoms with E-state index in [1.165, 1.54) is 6.26 Å². The van der Waals surface area contributed by atoms with Crippen molar-refractivity contribution >= 4 is 5.97 Å². The molecule has 0 spiro atoms. The van der Waals surface area contributed by atoms with Gasteiger partial charge in [0.2, 0.25) is 5.89 Å². The standard InChI is InChI=1S/C16H14N4O3/c1-2-22-16(21)14-10-23-15(18-14)9-11-6-7-13(20-19-11)12-5-3-4-8-17-12/h3-8,10H,2,9H2,1H3. The van der Waals surface area contributed by atoms with Gasteiger partial charge in [-0.25, -0.2) is 9.78 Å². The van der Waals surface area contributed by atoms with Gasteiger partial charge in [-0.3, -0.25) is 4.98 Å². The summed E-state index contributed by atoms with van der Waals surface area (Å²) in [5, 5.41) is 8.28. The van der Waals surface area contributed by atoms with Crippen LogP contribution >= 0.6 is 0 Å². The molecule has 116 valence electrons. The van der Waals surface area contributed by atoms with Crippen molar-refractivity contribution in [2.24, 2.45) is 0 Å². The molecule has 0 unspecified atom stereocenters. The first-order valence-electron chi connectivity index (χ1n) is 7.12. The van der Waals surface area contributed by atoms with Gasteiger partial charge in [0, 0.05) is 6.20 Å². The summed E-state index contributed by atoms with van der Waals surface area (Å²) in [6.07, 6.45) is 3.33. The Kier molecular flexibility index (Phi) is 4.37. The molecular weight excluding hydrogens is 296 g/mol. The molecule has 0 aliphatic carbocycles. The van der Waals surface area contributed by atoms with Crippen LogP contribution in [0.2, 0.25) is 0 Å². The number of carbonyl (C=O) groups excluding carboxylic acids is 1. The largest absolute Gasteiger partial charge is 0.461 e. The second kappa shape index (κ2) is 6.78. The molecule has 0 radical (unpaired) electrons. The lowest BCUT2D eigenvalue weighted by Gasteiger charge is -2.00. The topological polar surface area (TPSA) is 91.0 Å². The molecule has 0 saturated carbocycles. The Hall–Kier alpha value is -3.09. The number of nitrogens with zero attached hydrogens (tertiary/aromatic N) is 4. The molecule has 0 aliphatic rings. The number of oxazole rings is 1. The molecule has 0 saturated heterocycles. The highest BCUT2D eigenvalue weighted by Gasteiger charge is 2.14. The smallest absolute Gasteiger partial charge is 0.360 e. The van der Waals surface area contributed by atoms with Crippen molar-refractivity contribution in [1.82, 2.24) is 20.2 Å². The minimum atomic E-state index is -0.501. The van der Waals surface area contributed by atoms with Crippen molar-refractivity contribution < 1.29 is 13.9 Å². The summed E-state index contributed by atoms with van der Waals surface area (Å²) in [5.41, 5.74) is 2.28. The van der Waals surface area contributed by atoms with Gasteiger partial charge in [-0.15, -0.1) is 5.10 Å². The molecule has 0 atom stereocenters. The predicted octanol–water partition coefficient (Wildman–Crippen LogP) is 2.29. The zero-order chi connectivity index (χ0) is 16.1. The number of esters is 1. The minimum absolute atomic E-state index is 0.153. The summed E-state index contributed by atoms with van der Waals surface area (Å²) >= 11 is 0. The number of rotatable bonds is 5. The van der Waals surface area contributed by atoms with Crippen molar-refractivity contribution in [3.05, 3.63) is 60.1 Å². The van der Waals surface area contributed by atoms with Crippen molar-refractivity contribution in [2.45, 2.75) is 13.3 Å². The molecule has 0 aliphatic heterocycles.